The zero-order valence-corrected chi connectivity index (χ0v) is 15.1. The van der Waals surface area contributed by atoms with Gasteiger partial charge in [0.1, 0.15) is 5.60 Å². The van der Waals surface area contributed by atoms with Gasteiger partial charge in [0.25, 0.3) is 0 Å². The van der Waals surface area contributed by atoms with Crippen LogP contribution in [0.1, 0.15) is 45.2 Å². The number of fused-ring (bicyclic) bond motifs is 1. The predicted octanol–water partition coefficient (Wildman–Crippen LogP) is 3.62. The van der Waals surface area contributed by atoms with Crippen LogP contribution in [0.2, 0.25) is 0 Å². The first kappa shape index (κ1) is 18.3. The molecule has 24 heavy (non-hydrogen) atoms. The highest BCUT2D eigenvalue weighted by molar-refractivity contribution is 5.90. The summed E-state index contributed by atoms with van der Waals surface area (Å²) in [5.41, 5.74) is 2.71. The summed E-state index contributed by atoms with van der Waals surface area (Å²) in [6, 6.07) is 8.36. The molecule has 5 heteroatoms. The van der Waals surface area contributed by atoms with E-state index in [-0.39, 0.29) is 12.0 Å². The lowest BCUT2D eigenvalue weighted by atomic mass is 9.97. The summed E-state index contributed by atoms with van der Waals surface area (Å²) in [6.07, 6.45) is 1.62. The van der Waals surface area contributed by atoms with Crippen LogP contribution in [0.5, 0.6) is 0 Å². The van der Waals surface area contributed by atoms with Gasteiger partial charge in [-0.15, -0.1) is 0 Å². The zero-order chi connectivity index (χ0) is 17.7. The van der Waals surface area contributed by atoms with Gasteiger partial charge < -0.3 is 10.1 Å². The first-order valence-electron chi connectivity index (χ1n) is 8.53. The molecule has 130 valence electrons. The van der Waals surface area contributed by atoms with E-state index < -0.39 is 5.60 Å². The van der Waals surface area contributed by atoms with Crippen molar-refractivity contribution in [1.29, 1.82) is 5.26 Å². The first-order valence-corrected chi connectivity index (χ1v) is 8.53. The summed E-state index contributed by atoms with van der Waals surface area (Å²) in [7, 11) is 0. The van der Waals surface area contributed by atoms with Crippen LogP contribution in [-0.2, 0) is 17.7 Å². The normalized spacial score (nSPS) is 15.4. The minimum Gasteiger partial charge on any atom is -0.443 e. The van der Waals surface area contributed by atoms with E-state index in [4.69, 9.17) is 10.00 Å². The van der Waals surface area contributed by atoms with Crippen LogP contribution in [0.4, 0.5) is 10.5 Å². The number of aryl methyl sites for hydroxylation is 1. The molecule has 0 radical (unpaired) electrons. The highest BCUT2D eigenvalue weighted by Gasteiger charge is 2.28. The van der Waals surface area contributed by atoms with Crippen LogP contribution < -0.4 is 10.2 Å². The minimum atomic E-state index is -0.510. The molecule has 1 aromatic rings. The van der Waals surface area contributed by atoms with Crippen molar-refractivity contribution in [1.82, 2.24) is 5.32 Å². The molecule has 1 heterocycles. The van der Waals surface area contributed by atoms with Gasteiger partial charge in [0.2, 0.25) is 0 Å². The third kappa shape index (κ3) is 4.72. The number of carbonyl (C=O) groups is 1. The Kier molecular flexibility index (Phi) is 5.84. The number of ether oxygens (including phenoxy) is 1. The monoisotopic (exact) mass is 329 g/mol. The van der Waals surface area contributed by atoms with E-state index in [0.717, 1.165) is 24.1 Å². The molecule has 1 unspecified atom stereocenters. The first-order chi connectivity index (χ1) is 11.3. The standard InChI is InChI=1S/C19H27N3O2/c1-14(11-20)12-21-13-16-8-5-7-15-9-6-10-22(17(15)16)18(23)24-19(2,3)4/h5,7-8,14,21H,6,9-10,12-13H2,1-4H3. The van der Waals surface area contributed by atoms with E-state index in [1.807, 2.05) is 39.8 Å². The molecule has 0 fully saturated rings. The molecule has 0 bridgehead atoms. The molecule has 1 atom stereocenters. The van der Waals surface area contributed by atoms with Crippen molar-refractivity contribution in [3.05, 3.63) is 29.3 Å². The molecule has 0 saturated heterocycles. The van der Waals surface area contributed by atoms with E-state index in [1.54, 1.807) is 4.90 Å². The number of amides is 1. The van der Waals surface area contributed by atoms with Crippen LogP contribution in [0, 0.1) is 17.2 Å². The van der Waals surface area contributed by atoms with Gasteiger partial charge in [-0.3, -0.25) is 4.90 Å². The van der Waals surface area contributed by atoms with Crippen molar-refractivity contribution in [3.63, 3.8) is 0 Å². The summed E-state index contributed by atoms with van der Waals surface area (Å²) in [4.78, 5) is 14.4. The van der Waals surface area contributed by atoms with Gasteiger partial charge in [0.15, 0.2) is 0 Å². The Labute approximate surface area is 144 Å². The second-order valence-electron chi connectivity index (χ2n) is 7.32. The number of nitrogens with one attached hydrogen (secondary N) is 1. The molecule has 5 nitrogen and oxygen atoms in total. The molecule has 1 aromatic carbocycles. The lowest BCUT2D eigenvalue weighted by Gasteiger charge is -2.33. The maximum absolute atomic E-state index is 12.6. The van der Waals surface area contributed by atoms with Crippen molar-refractivity contribution < 1.29 is 9.53 Å². The Morgan fingerprint density at radius 2 is 2.21 bits per heavy atom. The minimum absolute atomic E-state index is 0.0357. The van der Waals surface area contributed by atoms with Crippen LogP contribution in [0.25, 0.3) is 0 Å². The predicted molar refractivity (Wildman–Crippen MR) is 94.8 cm³/mol. The maximum atomic E-state index is 12.6. The molecule has 0 saturated carbocycles. The lowest BCUT2D eigenvalue weighted by molar-refractivity contribution is 0.0577. The number of para-hydroxylation sites is 1. The number of benzene rings is 1. The Morgan fingerprint density at radius 1 is 1.46 bits per heavy atom. The average Bonchev–Trinajstić information content (AvgIpc) is 2.52. The van der Waals surface area contributed by atoms with Crippen LogP contribution in [0.3, 0.4) is 0 Å². The molecule has 1 aliphatic rings. The number of hydrogen-bond acceptors (Lipinski definition) is 4. The van der Waals surface area contributed by atoms with Gasteiger partial charge in [0, 0.05) is 19.6 Å². The zero-order valence-electron chi connectivity index (χ0n) is 15.1. The Bertz CT molecular complexity index is 628. The highest BCUT2D eigenvalue weighted by Crippen LogP contribution is 2.32. The molecule has 1 aliphatic heterocycles. The Morgan fingerprint density at radius 3 is 2.88 bits per heavy atom. The van der Waals surface area contributed by atoms with Crippen LogP contribution in [-0.4, -0.2) is 24.8 Å². The fourth-order valence-corrected chi connectivity index (χ4v) is 2.84. The van der Waals surface area contributed by atoms with E-state index in [2.05, 4.69) is 17.5 Å². The number of anilines is 1. The van der Waals surface area contributed by atoms with Crippen molar-refractivity contribution in [2.45, 2.75) is 52.7 Å². The van der Waals surface area contributed by atoms with E-state index in [0.29, 0.717) is 19.6 Å². The van der Waals surface area contributed by atoms with Crippen molar-refractivity contribution in [3.8, 4) is 6.07 Å². The third-order valence-electron chi connectivity index (χ3n) is 3.90. The number of carbonyl (C=O) groups excluding carboxylic acids is 1. The lowest BCUT2D eigenvalue weighted by Crippen LogP contribution is -2.40. The topological polar surface area (TPSA) is 65.4 Å². The second-order valence-corrected chi connectivity index (χ2v) is 7.32. The second kappa shape index (κ2) is 7.67. The maximum Gasteiger partial charge on any atom is 0.414 e. The average molecular weight is 329 g/mol. The highest BCUT2D eigenvalue weighted by atomic mass is 16.6. The number of hydrogen-bond donors (Lipinski definition) is 1. The summed E-state index contributed by atoms with van der Waals surface area (Å²) >= 11 is 0. The number of rotatable bonds is 4. The van der Waals surface area contributed by atoms with Gasteiger partial charge in [-0.05, 0) is 51.7 Å². The Balaban J connectivity index is 2.20. The quantitative estimate of drug-likeness (QED) is 0.916. The van der Waals surface area contributed by atoms with E-state index >= 15 is 0 Å². The molecule has 0 aromatic heterocycles. The van der Waals surface area contributed by atoms with Crippen molar-refractivity contribution in [2.75, 3.05) is 18.0 Å². The van der Waals surface area contributed by atoms with Crippen molar-refractivity contribution >= 4 is 11.8 Å². The van der Waals surface area contributed by atoms with Gasteiger partial charge in [-0.2, -0.15) is 5.26 Å². The molecular weight excluding hydrogens is 302 g/mol. The van der Waals surface area contributed by atoms with Crippen LogP contribution in [0.15, 0.2) is 18.2 Å². The van der Waals surface area contributed by atoms with Crippen molar-refractivity contribution in [2.24, 2.45) is 5.92 Å². The van der Waals surface area contributed by atoms with E-state index in [9.17, 15) is 4.79 Å². The molecule has 0 spiro atoms. The summed E-state index contributed by atoms with van der Waals surface area (Å²) < 4.78 is 5.57. The summed E-state index contributed by atoms with van der Waals surface area (Å²) in [5, 5.41) is 12.2. The van der Waals surface area contributed by atoms with Crippen LogP contribution >= 0.6 is 0 Å². The van der Waals surface area contributed by atoms with Gasteiger partial charge in [0.05, 0.1) is 17.7 Å². The molecule has 1 N–H and O–H groups in total. The Hall–Kier alpha value is -2.06. The van der Waals surface area contributed by atoms with Gasteiger partial charge >= 0.3 is 6.09 Å². The number of nitrogens with zero attached hydrogens (tertiary/aromatic N) is 2. The fourth-order valence-electron chi connectivity index (χ4n) is 2.84. The smallest absolute Gasteiger partial charge is 0.414 e. The molecule has 0 aliphatic carbocycles. The SMILES string of the molecule is CC(C#N)CNCc1cccc2c1N(C(=O)OC(C)(C)C)CCC2. The summed E-state index contributed by atoms with van der Waals surface area (Å²) in [5.74, 6) is -0.0357. The van der Waals surface area contributed by atoms with Gasteiger partial charge in [-0.25, -0.2) is 4.79 Å². The summed E-state index contributed by atoms with van der Waals surface area (Å²) in [6.45, 7) is 9.47. The molecular formula is C19H27N3O2. The number of nitriles is 1. The molecule has 1 amide bonds. The molecule has 2 rings (SSSR count). The van der Waals surface area contributed by atoms with Gasteiger partial charge in [-0.1, -0.05) is 18.2 Å². The fraction of sp³-hybridized carbons (Fsp3) is 0.579. The largest absolute Gasteiger partial charge is 0.443 e. The van der Waals surface area contributed by atoms with E-state index in [1.165, 1.54) is 5.56 Å². The third-order valence-corrected chi connectivity index (χ3v) is 3.90.